The molecular formula is C12H13Br2N3O2S2. The van der Waals surface area contributed by atoms with Crippen molar-refractivity contribution in [3.05, 3.63) is 37.2 Å². The monoisotopic (exact) mass is 453 g/mol. The fourth-order valence-corrected chi connectivity index (χ4v) is 5.62. The number of thiazole rings is 1. The van der Waals surface area contributed by atoms with E-state index in [0.717, 1.165) is 10.7 Å². The topological polar surface area (TPSA) is 85.1 Å². The highest BCUT2D eigenvalue weighted by molar-refractivity contribution is 9.11. The maximum Gasteiger partial charge on any atom is 0.243 e. The van der Waals surface area contributed by atoms with Crippen LogP contribution in [0.3, 0.4) is 0 Å². The summed E-state index contributed by atoms with van der Waals surface area (Å²) in [5.41, 5.74) is 6.94. The number of nitrogens with one attached hydrogen (secondary N) is 1. The predicted molar refractivity (Wildman–Crippen MR) is 92.0 cm³/mol. The van der Waals surface area contributed by atoms with Gasteiger partial charge < -0.3 is 5.73 Å². The van der Waals surface area contributed by atoms with Crippen LogP contribution in [0.1, 0.15) is 10.7 Å². The Morgan fingerprint density at radius 2 is 2.10 bits per heavy atom. The van der Waals surface area contributed by atoms with Crippen molar-refractivity contribution in [1.29, 1.82) is 0 Å². The second-order valence-electron chi connectivity index (χ2n) is 4.34. The Morgan fingerprint density at radius 1 is 1.38 bits per heavy atom. The molecule has 21 heavy (non-hydrogen) atoms. The fraction of sp³-hybridized carbons (Fsp3) is 0.250. The molecule has 1 aromatic heterocycles. The first-order chi connectivity index (χ1) is 9.79. The Labute approximate surface area is 144 Å². The first-order valence-corrected chi connectivity index (χ1v) is 9.89. The van der Waals surface area contributed by atoms with Crippen LogP contribution in [-0.2, 0) is 16.4 Å². The van der Waals surface area contributed by atoms with Crippen molar-refractivity contribution in [3.8, 4) is 0 Å². The third-order valence-corrected chi connectivity index (χ3v) is 6.55. The number of hydrogen-bond acceptors (Lipinski definition) is 5. The average Bonchev–Trinajstić information content (AvgIpc) is 2.72. The molecule has 1 heterocycles. The molecule has 0 aliphatic carbocycles. The van der Waals surface area contributed by atoms with Gasteiger partial charge >= 0.3 is 0 Å². The van der Waals surface area contributed by atoms with E-state index in [-0.39, 0.29) is 17.1 Å². The summed E-state index contributed by atoms with van der Waals surface area (Å²) in [5.74, 6) is 0. The number of halogens is 2. The lowest BCUT2D eigenvalue weighted by molar-refractivity contribution is 0.581. The van der Waals surface area contributed by atoms with E-state index in [0.29, 0.717) is 15.4 Å². The molecule has 0 aliphatic heterocycles. The van der Waals surface area contributed by atoms with Crippen molar-refractivity contribution in [3.63, 3.8) is 0 Å². The molecule has 114 valence electrons. The lowest BCUT2D eigenvalue weighted by atomic mass is 10.3. The molecule has 9 heteroatoms. The largest absolute Gasteiger partial charge is 0.398 e. The highest BCUT2D eigenvalue weighted by Gasteiger charge is 2.21. The van der Waals surface area contributed by atoms with Gasteiger partial charge in [-0.15, -0.1) is 11.3 Å². The highest BCUT2D eigenvalue weighted by atomic mass is 79.9. The molecule has 0 amide bonds. The predicted octanol–water partition coefficient (Wildman–Crippen LogP) is 3.08. The van der Waals surface area contributed by atoms with Gasteiger partial charge in [0.05, 0.1) is 10.7 Å². The summed E-state index contributed by atoms with van der Waals surface area (Å²) in [6.45, 7) is 2.18. The van der Waals surface area contributed by atoms with E-state index in [1.54, 1.807) is 12.1 Å². The van der Waals surface area contributed by atoms with E-state index in [9.17, 15) is 8.42 Å². The molecule has 0 unspecified atom stereocenters. The quantitative estimate of drug-likeness (QED) is 0.679. The standard InChI is InChI=1S/C12H13Br2N3O2S2/c1-7-6-20-11(17-7)2-3-16-21(18,19)12-9(14)4-8(13)5-10(12)15/h4-6,16H,2-3,15H2,1H3. The number of aryl methyl sites for hydroxylation is 1. The van der Waals surface area contributed by atoms with Crippen LogP contribution in [0.15, 0.2) is 31.4 Å². The zero-order valence-corrected chi connectivity index (χ0v) is 15.9. The second-order valence-corrected chi connectivity index (χ2v) is 8.75. The van der Waals surface area contributed by atoms with Crippen LogP contribution in [0.5, 0.6) is 0 Å². The third kappa shape index (κ3) is 4.26. The molecule has 3 N–H and O–H groups in total. The minimum atomic E-state index is -3.67. The van der Waals surface area contributed by atoms with Crippen LogP contribution in [0.25, 0.3) is 0 Å². The van der Waals surface area contributed by atoms with Gasteiger partial charge in [-0.2, -0.15) is 0 Å². The number of hydrogen-bond donors (Lipinski definition) is 2. The smallest absolute Gasteiger partial charge is 0.243 e. The Kier molecular flexibility index (Phi) is 5.42. The van der Waals surface area contributed by atoms with Crippen LogP contribution < -0.4 is 10.5 Å². The number of sulfonamides is 1. The highest BCUT2D eigenvalue weighted by Crippen LogP contribution is 2.31. The van der Waals surface area contributed by atoms with Crippen molar-refractivity contribution < 1.29 is 8.42 Å². The third-order valence-electron chi connectivity index (χ3n) is 2.60. The van der Waals surface area contributed by atoms with Crippen molar-refractivity contribution >= 4 is 58.9 Å². The molecule has 0 radical (unpaired) electrons. The fourth-order valence-electron chi connectivity index (χ4n) is 1.75. The Bertz CT molecular complexity index is 737. The molecule has 0 saturated carbocycles. The minimum absolute atomic E-state index is 0.0565. The van der Waals surface area contributed by atoms with Crippen LogP contribution in [0.2, 0.25) is 0 Å². The van der Waals surface area contributed by atoms with Gasteiger partial charge in [0.1, 0.15) is 4.90 Å². The van der Waals surface area contributed by atoms with Crippen LogP contribution >= 0.6 is 43.2 Å². The van der Waals surface area contributed by atoms with Gasteiger partial charge in [0, 0.05) is 33.0 Å². The van der Waals surface area contributed by atoms with Gasteiger partial charge in [0.25, 0.3) is 0 Å². The molecule has 5 nitrogen and oxygen atoms in total. The number of rotatable bonds is 5. The number of nitrogens with two attached hydrogens (primary N) is 1. The number of nitrogen functional groups attached to an aromatic ring is 1. The molecule has 2 aromatic rings. The summed E-state index contributed by atoms with van der Waals surface area (Å²) in [5, 5.41) is 2.84. The number of benzene rings is 1. The van der Waals surface area contributed by atoms with Crippen molar-refractivity contribution in [1.82, 2.24) is 9.71 Å². The zero-order chi connectivity index (χ0) is 15.6. The van der Waals surface area contributed by atoms with E-state index in [1.807, 2.05) is 12.3 Å². The summed E-state index contributed by atoms with van der Waals surface area (Å²) in [6, 6.07) is 3.21. The molecule has 0 atom stereocenters. The lowest BCUT2D eigenvalue weighted by Gasteiger charge is -2.11. The average molecular weight is 455 g/mol. The Balaban J connectivity index is 2.12. The normalized spacial score (nSPS) is 11.8. The van der Waals surface area contributed by atoms with E-state index in [4.69, 9.17) is 5.73 Å². The van der Waals surface area contributed by atoms with Gasteiger partial charge in [-0.25, -0.2) is 18.1 Å². The van der Waals surface area contributed by atoms with Gasteiger partial charge in [-0.1, -0.05) is 15.9 Å². The summed E-state index contributed by atoms with van der Waals surface area (Å²) in [6.07, 6.45) is 0.547. The number of aromatic nitrogens is 1. The maximum absolute atomic E-state index is 12.3. The van der Waals surface area contributed by atoms with Crippen LogP contribution in [0.4, 0.5) is 5.69 Å². The molecule has 2 rings (SSSR count). The Morgan fingerprint density at radius 3 is 2.67 bits per heavy atom. The van der Waals surface area contributed by atoms with Crippen molar-refractivity contribution in [2.24, 2.45) is 0 Å². The van der Waals surface area contributed by atoms with Crippen LogP contribution in [-0.4, -0.2) is 19.9 Å². The van der Waals surface area contributed by atoms with E-state index >= 15 is 0 Å². The first kappa shape index (κ1) is 16.9. The summed E-state index contributed by atoms with van der Waals surface area (Å²) in [4.78, 5) is 4.35. The van der Waals surface area contributed by atoms with E-state index in [1.165, 1.54) is 11.3 Å². The number of anilines is 1. The molecule has 0 saturated heterocycles. The SMILES string of the molecule is Cc1csc(CCNS(=O)(=O)c2c(N)cc(Br)cc2Br)n1. The summed E-state index contributed by atoms with van der Waals surface area (Å²) >= 11 is 8.02. The lowest BCUT2D eigenvalue weighted by Crippen LogP contribution is -2.27. The molecule has 0 fully saturated rings. The van der Waals surface area contributed by atoms with Gasteiger partial charge in [-0.05, 0) is 35.0 Å². The van der Waals surface area contributed by atoms with E-state index in [2.05, 4.69) is 41.6 Å². The van der Waals surface area contributed by atoms with Gasteiger partial charge in [0.15, 0.2) is 0 Å². The number of nitrogens with zero attached hydrogens (tertiary/aromatic N) is 1. The van der Waals surface area contributed by atoms with Crippen LogP contribution in [0, 0.1) is 6.92 Å². The minimum Gasteiger partial charge on any atom is -0.398 e. The van der Waals surface area contributed by atoms with Crippen molar-refractivity contribution in [2.45, 2.75) is 18.2 Å². The second kappa shape index (κ2) is 6.74. The van der Waals surface area contributed by atoms with E-state index < -0.39 is 10.0 Å². The summed E-state index contributed by atoms with van der Waals surface area (Å²) in [7, 11) is -3.67. The first-order valence-electron chi connectivity index (χ1n) is 5.95. The molecule has 0 spiro atoms. The zero-order valence-electron chi connectivity index (χ0n) is 11.1. The Hall–Kier alpha value is -0.480. The van der Waals surface area contributed by atoms with Crippen molar-refractivity contribution in [2.75, 3.05) is 12.3 Å². The molecular weight excluding hydrogens is 442 g/mol. The molecule has 1 aromatic carbocycles. The van der Waals surface area contributed by atoms with Gasteiger partial charge in [0.2, 0.25) is 10.0 Å². The maximum atomic E-state index is 12.3. The summed E-state index contributed by atoms with van der Waals surface area (Å²) < 4.78 is 28.3. The van der Waals surface area contributed by atoms with Gasteiger partial charge in [-0.3, -0.25) is 0 Å². The molecule has 0 bridgehead atoms. The molecule has 0 aliphatic rings.